The molecule has 2 heterocycles. The van der Waals surface area contributed by atoms with Crippen molar-refractivity contribution in [3.05, 3.63) is 69.5 Å². The highest BCUT2D eigenvalue weighted by Crippen LogP contribution is 2.24. The lowest BCUT2D eigenvalue weighted by atomic mass is 10.1. The Bertz CT molecular complexity index is 1300. The normalized spacial score (nSPS) is 14.8. The first kappa shape index (κ1) is 20.9. The molecule has 3 aromatic rings. The number of benzene rings is 2. The summed E-state index contributed by atoms with van der Waals surface area (Å²) in [6.45, 7) is 0.179. The van der Waals surface area contributed by atoms with Gasteiger partial charge in [0, 0.05) is 28.5 Å². The fraction of sp³-hybridized carbons (Fsp3) is 0.0952. The highest BCUT2D eigenvalue weighted by molar-refractivity contribution is 6.30. The maximum Gasteiger partial charge on any atom is 0.315 e. The molecule has 10 nitrogen and oxygen atoms in total. The van der Waals surface area contributed by atoms with Gasteiger partial charge in [-0.1, -0.05) is 23.7 Å². The van der Waals surface area contributed by atoms with E-state index in [0.29, 0.717) is 22.0 Å². The van der Waals surface area contributed by atoms with Gasteiger partial charge in [0.15, 0.2) is 0 Å². The number of rotatable bonds is 5. The van der Waals surface area contributed by atoms with Crippen LogP contribution in [0.1, 0.15) is 5.56 Å². The number of carbonyl (C=O) groups excluding carboxylic acids is 2. The van der Waals surface area contributed by atoms with Crippen molar-refractivity contribution in [2.24, 2.45) is 0 Å². The number of nitrogens with zero attached hydrogens (tertiary/aromatic N) is 2. The summed E-state index contributed by atoms with van der Waals surface area (Å²) in [6, 6.07) is 14.1. The summed E-state index contributed by atoms with van der Waals surface area (Å²) in [6.07, 6.45) is 0. The van der Waals surface area contributed by atoms with E-state index in [1.165, 1.54) is 0 Å². The van der Waals surface area contributed by atoms with Crippen molar-refractivity contribution in [2.45, 2.75) is 6.04 Å². The van der Waals surface area contributed by atoms with Crippen molar-refractivity contribution in [1.29, 1.82) is 5.26 Å². The van der Waals surface area contributed by atoms with Crippen molar-refractivity contribution in [3.63, 3.8) is 0 Å². The molecule has 3 amide bonds. The number of nitrogens with one attached hydrogen (secondary N) is 5. The van der Waals surface area contributed by atoms with Crippen molar-refractivity contribution in [1.82, 2.24) is 20.6 Å². The monoisotopic (exact) mass is 449 g/mol. The molecular formula is C21H16ClN7O3. The number of anilines is 3. The second kappa shape index (κ2) is 8.79. The van der Waals surface area contributed by atoms with Gasteiger partial charge >= 0.3 is 6.03 Å². The molecule has 0 bridgehead atoms. The van der Waals surface area contributed by atoms with E-state index in [2.05, 4.69) is 31.2 Å². The molecule has 0 spiro atoms. The zero-order valence-electron chi connectivity index (χ0n) is 16.4. The zero-order chi connectivity index (χ0) is 22.7. The number of aromatic nitrogens is 2. The largest absolute Gasteiger partial charge is 0.336 e. The second-order valence-electron chi connectivity index (χ2n) is 6.86. The topological polar surface area (TPSA) is 152 Å². The van der Waals surface area contributed by atoms with E-state index in [1.54, 1.807) is 48.5 Å². The van der Waals surface area contributed by atoms with Gasteiger partial charge in [0.2, 0.25) is 11.9 Å². The standard InChI is InChI=1S/C21H16ClN7O3/c22-12-4-6-13(7-5-12)26-20-28-17(15(9-23)18(30)29-20)11-2-1-3-14(8-11)25-19(31)16-10-24-21(32)27-16/h1-8,16H,10H2,(H,25,31)(H2,24,27,32)(H2,26,28,29,30). The van der Waals surface area contributed by atoms with E-state index in [0.717, 1.165) is 0 Å². The first-order valence-electron chi connectivity index (χ1n) is 9.45. The number of carbonyl (C=O) groups is 2. The first-order valence-corrected chi connectivity index (χ1v) is 9.83. The summed E-state index contributed by atoms with van der Waals surface area (Å²) in [5.74, 6) is -0.259. The van der Waals surface area contributed by atoms with E-state index >= 15 is 0 Å². The number of H-pyrrole nitrogens is 1. The Labute approximate surface area is 186 Å². The van der Waals surface area contributed by atoms with Gasteiger partial charge in [-0.05, 0) is 36.4 Å². The molecule has 4 rings (SSSR count). The van der Waals surface area contributed by atoms with Crippen LogP contribution in [0.2, 0.25) is 5.02 Å². The fourth-order valence-corrected chi connectivity index (χ4v) is 3.23. The van der Waals surface area contributed by atoms with Crippen LogP contribution >= 0.6 is 11.6 Å². The summed E-state index contributed by atoms with van der Waals surface area (Å²) in [7, 11) is 0. The van der Waals surface area contributed by atoms with Crippen LogP contribution in [-0.4, -0.2) is 34.5 Å². The molecule has 1 atom stereocenters. The second-order valence-corrected chi connectivity index (χ2v) is 7.30. The predicted molar refractivity (Wildman–Crippen MR) is 119 cm³/mol. The molecule has 1 aliphatic heterocycles. The van der Waals surface area contributed by atoms with Gasteiger partial charge in [-0.25, -0.2) is 9.78 Å². The smallest absolute Gasteiger partial charge is 0.315 e. The van der Waals surface area contributed by atoms with E-state index in [9.17, 15) is 19.6 Å². The van der Waals surface area contributed by atoms with Gasteiger partial charge < -0.3 is 21.3 Å². The molecule has 1 saturated heterocycles. The van der Waals surface area contributed by atoms with Gasteiger partial charge in [0.1, 0.15) is 17.7 Å². The van der Waals surface area contributed by atoms with Crippen molar-refractivity contribution in [3.8, 4) is 17.3 Å². The van der Waals surface area contributed by atoms with Crippen LogP contribution in [-0.2, 0) is 4.79 Å². The summed E-state index contributed by atoms with van der Waals surface area (Å²) in [5, 5.41) is 20.7. The van der Waals surface area contributed by atoms with Crippen molar-refractivity contribution >= 4 is 40.9 Å². The molecule has 1 fully saturated rings. The van der Waals surface area contributed by atoms with Gasteiger partial charge in [-0.3, -0.25) is 14.6 Å². The Morgan fingerprint density at radius 2 is 1.94 bits per heavy atom. The minimum Gasteiger partial charge on any atom is -0.336 e. The van der Waals surface area contributed by atoms with Crippen LogP contribution in [0, 0.1) is 11.3 Å². The van der Waals surface area contributed by atoms with Crippen LogP contribution in [0.3, 0.4) is 0 Å². The number of urea groups is 1. The molecule has 5 N–H and O–H groups in total. The SMILES string of the molecule is N#Cc1c(-c2cccc(NC(=O)C3CNC(=O)N3)c2)nc(Nc2ccc(Cl)cc2)[nH]c1=O. The lowest BCUT2D eigenvalue weighted by Gasteiger charge is -2.12. The van der Waals surface area contributed by atoms with Gasteiger partial charge in [0.05, 0.1) is 5.69 Å². The molecule has 0 saturated carbocycles. The molecule has 1 aliphatic rings. The Balaban J connectivity index is 1.64. The van der Waals surface area contributed by atoms with Crippen LogP contribution < -0.4 is 26.8 Å². The van der Waals surface area contributed by atoms with E-state index < -0.39 is 23.5 Å². The first-order chi connectivity index (χ1) is 15.4. The molecule has 11 heteroatoms. The third-order valence-corrected chi connectivity index (χ3v) is 4.88. The molecule has 0 radical (unpaired) electrons. The van der Waals surface area contributed by atoms with E-state index in [-0.39, 0.29) is 23.8 Å². The van der Waals surface area contributed by atoms with Crippen LogP contribution in [0.4, 0.5) is 22.1 Å². The molecule has 32 heavy (non-hydrogen) atoms. The third kappa shape index (κ3) is 4.53. The quantitative estimate of drug-likeness (QED) is 0.403. The number of nitriles is 1. The van der Waals surface area contributed by atoms with Crippen molar-refractivity contribution < 1.29 is 9.59 Å². The average molecular weight is 450 g/mol. The van der Waals surface area contributed by atoms with Gasteiger partial charge in [0.25, 0.3) is 5.56 Å². The minimum absolute atomic E-state index is 0.139. The number of amides is 3. The predicted octanol–water partition coefficient (Wildman–Crippen LogP) is 2.33. The van der Waals surface area contributed by atoms with Gasteiger partial charge in [-0.15, -0.1) is 0 Å². The molecule has 0 aliphatic carbocycles. The molecule has 1 unspecified atom stereocenters. The summed E-state index contributed by atoms with van der Waals surface area (Å²) in [4.78, 5) is 43.0. The summed E-state index contributed by atoms with van der Waals surface area (Å²) in [5.41, 5.74) is 0.900. The van der Waals surface area contributed by atoms with Crippen LogP contribution in [0.25, 0.3) is 11.3 Å². The summed E-state index contributed by atoms with van der Waals surface area (Å²) >= 11 is 5.89. The highest BCUT2D eigenvalue weighted by Gasteiger charge is 2.26. The molecule has 1 aromatic heterocycles. The Morgan fingerprint density at radius 1 is 1.16 bits per heavy atom. The number of halogens is 1. The molecule has 160 valence electrons. The van der Waals surface area contributed by atoms with E-state index in [1.807, 2.05) is 6.07 Å². The van der Waals surface area contributed by atoms with Gasteiger partial charge in [-0.2, -0.15) is 5.26 Å². The Hall–Kier alpha value is -4.36. The summed E-state index contributed by atoms with van der Waals surface area (Å²) < 4.78 is 0. The van der Waals surface area contributed by atoms with Crippen LogP contribution in [0.5, 0.6) is 0 Å². The van der Waals surface area contributed by atoms with Crippen molar-refractivity contribution in [2.75, 3.05) is 17.2 Å². The van der Waals surface area contributed by atoms with Crippen LogP contribution in [0.15, 0.2) is 53.3 Å². The fourth-order valence-electron chi connectivity index (χ4n) is 3.10. The lowest BCUT2D eigenvalue weighted by Crippen LogP contribution is -2.38. The average Bonchev–Trinajstić information content (AvgIpc) is 3.22. The third-order valence-electron chi connectivity index (χ3n) is 4.63. The number of hydrogen-bond donors (Lipinski definition) is 5. The Morgan fingerprint density at radius 3 is 2.62 bits per heavy atom. The number of hydrogen-bond acceptors (Lipinski definition) is 6. The van der Waals surface area contributed by atoms with E-state index in [4.69, 9.17) is 11.6 Å². The maximum atomic E-state index is 12.5. The Kier molecular flexibility index (Phi) is 5.74. The molecule has 2 aromatic carbocycles. The maximum absolute atomic E-state index is 12.5. The highest BCUT2D eigenvalue weighted by atomic mass is 35.5. The lowest BCUT2D eigenvalue weighted by molar-refractivity contribution is -0.117. The molecular weight excluding hydrogens is 434 g/mol. The zero-order valence-corrected chi connectivity index (χ0v) is 17.2. The minimum atomic E-state index is -0.700. The number of aromatic amines is 1.